The van der Waals surface area contributed by atoms with Crippen molar-refractivity contribution in [3.8, 4) is 0 Å². The minimum Gasteiger partial charge on any atom is -0.356 e. The topological polar surface area (TPSA) is 45.5 Å². The first kappa shape index (κ1) is 16.5. The van der Waals surface area contributed by atoms with Crippen molar-refractivity contribution in [2.75, 3.05) is 20.6 Å². The Bertz CT molecular complexity index is 614. The summed E-state index contributed by atoms with van der Waals surface area (Å²) < 4.78 is 2.13. The standard InChI is InChI=1S/C16H25N5S/c1-5-15-19-13(12-22-15)8-9-18-16(17-2)21(4)11-14-7-6-10-20(14)3/h6-7,10,12H,5,8-9,11H2,1-4H3,(H,17,18). The van der Waals surface area contributed by atoms with Gasteiger partial charge in [-0.1, -0.05) is 6.92 Å². The maximum Gasteiger partial charge on any atom is 0.193 e. The Morgan fingerprint density at radius 1 is 1.50 bits per heavy atom. The maximum absolute atomic E-state index is 4.59. The molecule has 0 aliphatic rings. The molecule has 1 N–H and O–H groups in total. The Kier molecular flexibility index (Phi) is 6.00. The van der Waals surface area contributed by atoms with Gasteiger partial charge in [-0.15, -0.1) is 11.3 Å². The van der Waals surface area contributed by atoms with Crippen LogP contribution in [0, 0.1) is 0 Å². The number of aromatic nitrogens is 2. The van der Waals surface area contributed by atoms with E-state index in [-0.39, 0.29) is 0 Å². The third-order valence-electron chi connectivity index (χ3n) is 3.59. The molecule has 0 aliphatic heterocycles. The number of hydrogen-bond acceptors (Lipinski definition) is 3. The molecule has 0 atom stereocenters. The third-order valence-corrected chi connectivity index (χ3v) is 4.63. The highest BCUT2D eigenvalue weighted by Gasteiger charge is 2.08. The summed E-state index contributed by atoms with van der Waals surface area (Å²) in [6.07, 6.45) is 4.00. The first-order valence-electron chi connectivity index (χ1n) is 7.59. The molecule has 120 valence electrons. The van der Waals surface area contributed by atoms with E-state index in [2.05, 4.69) is 69.5 Å². The predicted octanol–water partition coefficient (Wildman–Crippen LogP) is 2.29. The van der Waals surface area contributed by atoms with Gasteiger partial charge in [0.25, 0.3) is 0 Å². The number of nitrogens with zero attached hydrogens (tertiary/aromatic N) is 4. The van der Waals surface area contributed by atoms with E-state index in [9.17, 15) is 0 Å². The second kappa shape index (κ2) is 7.98. The lowest BCUT2D eigenvalue weighted by molar-refractivity contribution is 0.462. The van der Waals surface area contributed by atoms with E-state index in [1.165, 1.54) is 10.7 Å². The Hall–Kier alpha value is -1.82. The Morgan fingerprint density at radius 2 is 2.32 bits per heavy atom. The van der Waals surface area contributed by atoms with Gasteiger partial charge in [-0.3, -0.25) is 4.99 Å². The highest BCUT2D eigenvalue weighted by molar-refractivity contribution is 7.09. The lowest BCUT2D eigenvalue weighted by Crippen LogP contribution is -2.39. The van der Waals surface area contributed by atoms with Crippen LogP contribution < -0.4 is 5.32 Å². The van der Waals surface area contributed by atoms with Crippen LogP contribution in [0.15, 0.2) is 28.7 Å². The third kappa shape index (κ3) is 4.34. The summed E-state index contributed by atoms with van der Waals surface area (Å²) in [5.74, 6) is 0.909. The van der Waals surface area contributed by atoms with Crippen molar-refractivity contribution in [3.05, 3.63) is 40.1 Å². The zero-order chi connectivity index (χ0) is 15.9. The molecular formula is C16H25N5S. The van der Waals surface area contributed by atoms with Gasteiger partial charge in [0.1, 0.15) is 0 Å². The molecule has 2 rings (SSSR count). The summed E-state index contributed by atoms with van der Waals surface area (Å²) in [6, 6.07) is 4.19. The minimum absolute atomic E-state index is 0.833. The zero-order valence-electron chi connectivity index (χ0n) is 13.8. The van der Waals surface area contributed by atoms with Gasteiger partial charge in [0.15, 0.2) is 5.96 Å². The van der Waals surface area contributed by atoms with Crippen LogP contribution in [0.5, 0.6) is 0 Å². The van der Waals surface area contributed by atoms with Crippen LogP contribution >= 0.6 is 11.3 Å². The maximum atomic E-state index is 4.59. The first-order valence-corrected chi connectivity index (χ1v) is 8.47. The predicted molar refractivity (Wildman–Crippen MR) is 93.4 cm³/mol. The fraction of sp³-hybridized carbons (Fsp3) is 0.500. The quantitative estimate of drug-likeness (QED) is 0.656. The largest absolute Gasteiger partial charge is 0.356 e. The van der Waals surface area contributed by atoms with Crippen molar-refractivity contribution in [3.63, 3.8) is 0 Å². The van der Waals surface area contributed by atoms with Crippen molar-refractivity contribution in [1.82, 2.24) is 19.8 Å². The molecule has 0 bridgehead atoms. The van der Waals surface area contributed by atoms with Gasteiger partial charge in [0.05, 0.1) is 17.2 Å². The molecule has 0 radical (unpaired) electrons. The number of guanidine groups is 1. The monoisotopic (exact) mass is 319 g/mol. The van der Waals surface area contributed by atoms with Crippen LogP contribution in [0.2, 0.25) is 0 Å². The van der Waals surface area contributed by atoms with E-state index < -0.39 is 0 Å². The zero-order valence-corrected chi connectivity index (χ0v) is 14.7. The van der Waals surface area contributed by atoms with Crippen molar-refractivity contribution in [2.45, 2.75) is 26.3 Å². The summed E-state index contributed by atoms with van der Waals surface area (Å²) in [6.45, 7) is 3.82. The highest BCUT2D eigenvalue weighted by atomic mass is 32.1. The molecule has 0 spiro atoms. The van der Waals surface area contributed by atoms with Crippen LogP contribution in [0.4, 0.5) is 0 Å². The van der Waals surface area contributed by atoms with Gasteiger partial charge in [0, 0.05) is 51.4 Å². The normalized spacial score (nSPS) is 11.7. The smallest absolute Gasteiger partial charge is 0.193 e. The number of aryl methyl sites for hydroxylation is 2. The molecular weight excluding hydrogens is 294 g/mol. The number of thiazole rings is 1. The Labute approximate surface area is 136 Å². The van der Waals surface area contributed by atoms with Crippen molar-refractivity contribution in [2.24, 2.45) is 12.0 Å². The van der Waals surface area contributed by atoms with E-state index >= 15 is 0 Å². The fourth-order valence-corrected chi connectivity index (χ4v) is 3.07. The van der Waals surface area contributed by atoms with Crippen molar-refractivity contribution in [1.29, 1.82) is 0 Å². The number of aliphatic imine (C=N–C) groups is 1. The molecule has 5 nitrogen and oxygen atoms in total. The van der Waals surface area contributed by atoms with E-state index in [1.54, 1.807) is 11.3 Å². The SMILES string of the molecule is CCc1nc(CCNC(=NC)N(C)Cc2cccn2C)cs1. The Balaban J connectivity index is 1.82. The molecule has 0 saturated carbocycles. The van der Waals surface area contributed by atoms with Crippen LogP contribution in [0.3, 0.4) is 0 Å². The van der Waals surface area contributed by atoms with E-state index in [0.29, 0.717) is 0 Å². The van der Waals surface area contributed by atoms with Crippen LogP contribution in [0.1, 0.15) is 23.3 Å². The molecule has 0 saturated heterocycles. The van der Waals surface area contributed by atoms with Crippen LogP contribution in [-0.2, 0) is 26.4 Å². The minimum atomic E-state index is 0.833. The van der Waals surface area contributed by atoms with Gasteiger partial charge >= 0.3 is 0 Å². The van der Waals surface area contributed by atoms with Crippen molar-refractivity contribution >= 4 is 17.3 Å². The van der Waals surface area contributed by atoms with Crippen LogP contribution in [0.25, 0.3) is 0 Å². The van der Waals surface area contributed by atoms with Gasteiger partial charge in [-0.2, -0.15) is 0 Å². The molecule has 0 unspecified atom stereocenters. The van der Waals surface area contributed by atoms with Gasteiger partial charge in [-0.05, 0) is 18.6 Å². The molecule has 0 aliphatic carbocycles. The fourth-order valence-electron chi connectivity index (χ4n) is 2.29. The molecule has 2 aromatic heterocycles. The summed E-state index contributed by atoms with van der Waals surface area (Å²) >= 11 is 1.74. The molecule has 6 heteroatoms. The first-order chi connectivity index (χ1) is 10.6. The van der Waals surface area contributed by atoms with Crippen LogP contribution in [-0.4, -0.2) is 41.1 Å². The number of rotatable bonds is 6. The summed E-state index contributed by atoms with van der Waals surface area (Å²) in [7, 11) is 5.94. The van der Waals surface area contributed by atoms with E-state index in [0.717, 1.165) is 37.6 Å². The average Bonchev–Trinajstić information content (AvgIpc) is 3.13. The highest BCUT2D eigenvalue weighted by Crippen LogP contribution is 2.10. The molecule has 0 fully saturated rings. The lowest BCUT2D eigenvalue weighted by atomic mass is 10.3. The molecule has 2 heterocycles. The molecule has 2 aromatic rings. The molecule has 22 heavy (non-hydrogen) atoms. The summed E-state index contributed by atoms with van der Waals surface area (Å²) in [4.78, 5) is 11.1. The summed E-state index contributed by atoms with van der Waals surface area (Å²) in [5, 5.41) is 6.77. The van der Waals surface area contributed by atoms with Gasteiger partial charge < -0.3 is 14.8 Å². The average molecular weight is 319 g/mol. The van der Waals surface area contributed by atoms with Crippen molar-refractivity contribution < 1.29 is 0 Å². The summed E-state index contributed by atoms with van der Waals surface area (Å²) in [5.41, 5.74) is 2.42. The lowest BCUT2D eigenvalue weighted by Gasteiger charge is -2.22. The second-order valence-corrected chi connectivity index (χ2v) is 6.22. The molecule has 0 aromatic carbocycles. The number of nitrogens with one attached hydrogen (secondary N) is 1. The van der Waals surface area contributed by atoms with Gasteiger partial charge in [0.2, 0.25) is 0 Å². The second-order valence-electron chi connectivity index (χ2n) is 5.28. The molecule has 0 amide bonds. The van der Waals surface area contributed by atoms with E-state index in [1.807, 2.05) is 7.05 Å². The Morgan fingerprint density at radius 3 is 2.91 bits per heavy atom. The van der Waals surface area contributed by atoms with Gasteiger partial charge in [-0.25, -0.2) is 4.98 Å². The van der Waals surface area contributed by atoms with E-state index in [4.69, 9.17) is 0 Å². The number of hydrogen-bond donors (Lipinski definition) is 1.